The summed E-state index contributed by atoms with van der Waals surface area (Å²) < 4.78 is 0. The fourth-order valence-electron chi connectivity index (χ4n) is 4.44. The fourth-order valence-corrected chi connectivity index (χ4v) is 4.44. The van der Waals surface area contributed by atoms with Crippen molar-refractivity contribution in [1.29, 1.82) is 0 Å². The molecule has 0 heterocycles. The highest BCUT2D eigenvalue weighted by Crippen LogP contribution is 2.48. The van der Waals surface area contributed by atoms with Crippen LogP contribution in [-0.4, -0.2) is 11.6 Å². The number of nitrogens with one attached hydrogen (secondary N) is 1. The first-order valence-electron chi connectivity index (χ1n) is 8.08. The molecule has 3 rings (SSSR count). The lowest BCUT2D eigenvalue weighted by molar-refractivity contribution is -0.125. The van der Waals surface area contributed by atoms with E-state index < -0.39 is 0 Å². The summed E-state index contributed by atoms with van der Waals surface area (Å²) in [4.78, 5) is 12.1. The van der Waals surface area contributed by atoms with Crippen molar-refractivity contribution in [3.05, 3.63) is 0 Å². The average molecular weight is 262 g/mol. The number of carbonyl (C=O) groups excluding carboxylic acids is 1. The van der Waals surface area contributed by atoms with Crippen LogP contribution in [0.2, 0.25) is 0 Å². The van der Waals surface area contributed by atoms with Crippen LogP contribution in [0.1, 0.15) is 64.7 Å². The van der Waals surface area contributed by atoms with Gasteiger partial charge in [-0.3, -0.25) is 4.79 Å². The lowest BCUT2D eigenvalue weighted by Gasteiger charge is -2.22. The van der Waals surface area contributed by atoms with Crippen molar-refractivity contribution >= 4 is 11.6 Å². The maximum absolute atomic E-state index is 12.1. The normalized spacial score (nSPS) is 35.6. The third-order valence-electron chi connectivity index (χ3n) is 5.59. The summed E-state index contributed by atoms with van der Waals surface area (Å²) in [6, 6.07) is 0. The van der Waals surface area contributed by atoms with Crippen molar-refractivity contribution in [2.75, 3.05) is 0 Å². The Kier molecular flexibility index (Phi) is 3.90. The number of rotatable bonds is 3. The van der Waals surface area contributed by atoms with Crippen LogP contribution in [0.25, 0.3) is 0 Å². The summed E-state index contributed by atoms with van der Waals surface area (Å²) in [5.41, 5.74) is 4.00. The number of fused-ring (bicyclic) bond motifs is 2. The predicted molar refractivity (Wildman–Crippen MR) is 76.8 cm³/mol. The van der Waals surface area contributed by atoms with Gasteiger partial charge in [-0.1, -0.05) is 25.7 Å². The molecular formula is C16H26N2O. The summed E-state index contributed by atoms with van der Waals surface area (Å²) in [5, 5.41) is 4.42. The van der Waals surface area contributed by atoms with Gasteiger partial charge in [-0.05, 0) is 50.9 Å². The third-order valence-corrected chi connectivity index (χ3v) is 5.59. The van der Waals surface area contributed by atoms with E-state index in [1.807, 2.05) is 0 Å². The number of hydrogen-bond donors (Lipinski definition) is 1. The Labute approximate surface area is 116 Å². The quantitative estimate of drug-likeness (QED) is 0.614. The minimum absolute atomic E-state index is 0.155. The molecule has 0 saturated heterocycles. The van der Waals surface area contributed by atoms with Gasteiger partial charge in [0.05, 0.1) is 0 Å². The number of amides is 1. The van der Waals surface area contributed by atoms with Crippen LogP contribution in [0.4, 0.5) is 0 Å². The molecular weight excluding hydrogens is 236 g/mol. The van der Waals surface area contributed by atoms with Gasteiger partial charge in [0.25, 0.3) is 0 Å². The zero-order chi connectivity index (χ0) is 13.2. The lowest BCUT2D eigenvalue weighted by atomic mass is 9.86. The number of carbonyl (C=O) groups is 1. The molecule has 3 saturated carbocycles. The summed E-state index contributed by atoms with van der Waals surface area (Å²) in [6.45, 7) is 2.10. The minimum atomic E-state index is 0.155. The van der Waals surface area contributed by atoms with Gasteiger partial charge in [0, 0.05) is 17.5 Å². The van der Waals surface area contributed by atoms with Crippen molar-refractivity contribution in [3.63, 3.8) is 0 Å². The first-order chi connectivity index (χ1) is 9.24. The minimum Gasteiger partial charge on any atom is -0.273 e. The Morgan fingerprint density at radius 3 is 2.47 bits per heavy atom. The zero-order valence-electron chi connectivity index (χ0n) is 12.0. The topological polar surface area (TPSA) is 41.5 Å². The highest BCUT2D eigenvalue weighted by molar-refractivity contribution is 5.87. The van der Waals surface area contributed by atoms with Crippen molar-refractivity contribution < 1.29 is 4.79 Å². The lowest BCUT2D eigenvalue weighted by Crippen LogP contribution is -2.30. The van der Waals surface area contributed by atoms with Crippen molar-refractivity contribution in [3.8, 4) is 0 Å². The van der Waals surface area contributed by atoms with Crippen molar-refractivity contribution in [2.24, 2.45) is 28.8 Å². The molecule has 3 nitrogen and oxygen atoms in total. The first kappa shape index (κ1) is 13.1. The molecule has 0 aromatic rings. The van der Waals surface area contributed by atoms with E-state index in [0.29, 0.717) is 5.92 Å². The molecule has 0 radical (unpaired) electrons. The van der Waals surface area contributed by atoms with Crippen LogP contribution >= 0.6 is 0 Å². The van der Waals surface area contributed by atoms with Gasteiger partial charge >= 0.3 is 0 Å². The van der Waals surface area contributed by atoms with E-state index in [-0.39, 0.29) is 11.8 Å². The number of hydrazone groups is 1. The van der Waals surface area contributed by atoms with E-state index in [0.717, 1.165) is 30.4 Å². The summed E-state index contributed by atoms with van der Waals surface area (Å²) in [7, 11) is 0. The van der Waals surface area contributed by atoms with E-state index in [1.54, 1.807) is 0 Å². The summed E-state index contributed by atoms with van der Waals surface area (Å²) in [5.74, 6) is 2.80. The van der Waals surface area contributed by atoms with Crippen LogP contribution in [0.15, 0.2) is 5.10 Å². The van der Waals surface area contributed by atoms with Crippen molar-refractivity contribution in [2.45, 2.75) is 64.7 Å². The molecule has 1 N–H and O–H groups in total. The van der Waals surface area contributed by atoms with E-state index >= 15 is 0 Å². The molecule has 0 spiro atoms. The summed E-state index contributed by atoms with van der Waals surface area (Å²) in [6.07, 6.45) is 11.3. The molecule has 106 valence electrons. The van der Waals surface area contributed by atoms with Gasteiger partial charge in [0.2, 0.25) is 5.91 Å². The molecule has 3 unspecified atom stereocenters. The van der Waals surface area contributed by atoms with Gasteiger partial charge in [-0.2, -0.15) is 5.10 Å². The van der Waals surface area contributed by atoms with E-state index in [9.17, 15) is 4.79 Å². The Morgan fingerprint density at radius 1 is 1.05 bits per heavy atom. The van der Waals surface area contributed by atoms with Gasteiger partial charge < -0.3 is 0 Å². The molecule has 3 aliphatic carbocycles. The zero-order valence-corrected chi connectivity index (χ0v) is 12.0. The largest absolute Gasteiger partial charge is 0.273 e. The number of nitrogens with zero attached hydrogens (tertiary/aromatic N) is 1. The van der Waals surface area contributed by atoms with Gasteiger partial charge in [0.1, 0.15) is 0 Å². The van der Waals surface area contributed by atoms with Crippen LogP contribution in [-0.2, 0) is 4.79 Å². The molecule has 3 fully saturated rings. The second kappa shape index (κ2) is 5.64. The fraction of sp³-hybridized carbons (Fsp3) is 0.875. The number of hydrogen-bond acceptors (Lipinski definition) is 2. The van der Waals surface area contributed by atoms with Crippen molar-refractivity contribution in [1.82, 2.24) is 5.43 Å². The molecule has 0 aromatic carbocycles. The second-order valence-electron chi connectivity index (χ2n) is 6.85. The molecule has 3 aliphatic rings. The first-order valence-corrected chi connectivity index (χ1v) is 8.08. The molecule has 0 aromatic heterocycles. The molecule has 1 amide bonds. The van der Waals surface area contributed by atoms with Crippen LogP contribution < -0.4 is 5.43 Å². The van der Waals surface area contributed by atoms with Gasteiger partial charge in [-0.25, -0.2) is 5.43 Å². The Hall–Kier alpha value is -0.860. The maximum Gasteiger partial charge on any atom is 0.243 e. The molecule has 19 heavy (non-hydrogen) atoms. The molecule has 0 aliphatic heterocycles. The average Bonchev–Trinajstić information content (AvgIpc) is 3.08. The van der Waals surface area contributed by atoms with E-state index in [1.165, 1.54) is 44.9 Å². The Morgan fingerprint density at radius 2 is 1.84 bits per heavy atom. The molecule has 3 heteroatoms. The van der Waals surface area contributed by atoms with Crippen LogP contribution in [0.5, 0.6) is 0 Å². The second-order valence-corrected chi connectivity index (χ2v) is 6.85. The van der Waals surface area contributed by atoms with Crippen LogP contribution in [0, 0.1) is 23.7 Å². The molecule has 3 atom stereocenters. The smallest absolute Gasteiger partial charge is 0.243 e. The van der Waals surface area contributed by atoms with Crippen LogP contribution in [0.3, 0.4) is 0 Å². The highest BCUT2D eigenvalue weighted by atomic mass is 16.2. The Balaban J connectivity index is 1.52. The molecule has 2 bridgehead atoms. The predicted octanol–water partition coefficient (Wildman–Crippen LogP) is 3.50. The van der Waals surface area contributed by atoms with E-state index in [4.69, 9.17) is 0 Å². The SMILES string of the molecule is CC(=NNC(=O)C1CCCCC1)C1CC2CCC1C2. The van der Waals surface area contributed by atoms with E-state index in [2.05, 4.69) is 17.5 Å². The maximum atomic E-state index is 12.1. The third kappa shape index (κ3) is 2.85. The highest BCUT2D eigenvalue weighted by Gasteiger charge is 2.40. The monoisotopic (exact) mass is 262 g/mol. The summed E-state index contributed by atoms with van der Waals surface area (Å²) >= 11 is 0. The van der Waals surface area contributed by atoms with Gasteiger partial charge in [0.15, 0.2) is 0 Å². The standard InChI is InChI=1S/C16H26N2O/c1-11(15-10-12-7-8-14(15)9-12)17-18-16(19)13-5-3-2-4-6-13/h12-15H,2-10H2,1H3,(H,18,19). The van der Waals surface area contributed by atoms with Gasteiger partial charge in [-0.15, -0.1) is 0 Å². The Bertz CT molecular complexity index is 371.